The van der Waals surface area contributed by atoms with Crippen LogP contribution in [0.4, 0.5) is 5.69 Å². The normalized spacial score (nSPS) is 12.9. The Hall–Kier alpha value is -2.55. The number of amides is 3. The zero-order valence-electron chi connectivity index (χ0n) is 16.1. The van der Waals surface area contributed by atoms with Crippen LogP contribution >= 0.6 is 11.8 Å². The molecule has 0 unspecified atom stereocenters. The number of hydrogen-bond acceptors (Lipinski definition) is 6. The van der Waals surface area contributed by atoms with Crippen LogP contribution in [0.1, 0.15) is 20.3 Å². The van der Waals surface area contributed by atoms with Gasteiger partial charge in [-0.15, -0.1) is 11.8 Å². The van der Waals surface area contributed by atoms with E-state index in [-0.39, 0.29) is 31.3 Å². The minimum atomic E-state index is -0.564. The summed E-state index contributed by atoms with van der Waals surface area (Å²) >= 11 is 1.47. The third kappa shape index (κ3) is 5.98. The molecular weight excluding hydrogens is 382 g/mol. The predicted molar refractivity (Wildman–Crippen MR) is 106 cm³/mol. The van der Waals surface area contributed by atoms with Crippen LogP contribution in [0.25, 0.3) is 0 Å². The van der Waals surface area contributed by atoms with Crippen LogP contribution in [0.3, 0.4) is 0 Å². The standard InChI is InChI=1S/C19H25N3O5S/c1-3-20-16(23)11-21(4-2)17(24)12-27-19(26)9-10-22-14-7-5-6-8-15(14)28-13-18(22)25/h5-8H,3-4,9-13H2,1-2H3,(H,20,23). The molecule has 0 atom stereocenters. The molecule has 0 aromatic heterocycles. The number of hydrogen-bond donors (Lipinski definition) is 1. The number of carbonyl (C=O) groups excluding carboxylic acids is 4. The van der Waals surface area contributed by atoms with Crippen molar-refractivity contribution in [2.45, 2.75) is 25.2 Å². The van der Waals surface area contributed by atoms with Gasteiger partial charge in [0.1, 0.15) is 0 Å². The summed E-state index contributed by atoms with van der Waals surface area (Å²) in [5, 5.41) is 2.62. The Balaban J connectivity index is 1.82. The van der Waals surface area contributed by atoms with Gasteiger partial charge in [0.05, 0.1) is 24.4 Å². The number of fused-ring (bicyclic) bond motifs is 1. The second-order valence-corrected chi connectivity index (χ2v) is 7.09. The van der Waals surface area contributed by atoms with Crippen molar-refractivity contribution < 1.29 is 23.9 Å². The molecule has 0 fully saturated rings. The van der Waals surface area contributed by atoms with Gasteiger partial charge in [-0.05, 0) is 26.0 Å². The van der Waals surface area contributed by atoms with E-state index in [1.165, 1.54) is 16.7 Å². The van der Waals surface area contributed by atoms with E-state index in [1.54, 1.807) is 18.7 Å². The molecule has 1 aromatic rings. The first kappa shape index (κ1) is 21.7. The summed E-state index contributed by atoms with van der Waals surface area (Å²) in [5.74, 6) is -0.991. The maximum Gasteiger partial charge on any atom is 0.308 e. The smallest absolute Gasteiger partial charge is 0.308 e. The van der Waals surface area contributed by atoms with Crippen LogP contribution in [-0.4, -0.2) is 67.1 Å². The van der Waals surface area contributed by atoms with Gasteiger partial charge < -0.3 is 19.9 Å². The summed E-state index contributed by atoms with van der Waals surface area (Å²) in [5.41, 5.74) is 0.784. The molecular formula is C19H25N3O5S. The number of para-hydroxylation sites is 1. The van der Waals surface area contributed by atoms with Crippen molar-refractivity contribution in [2.75, 3.05) is 43.4 Å². The Bertz CT molecular complexity index is 740. The number of ether oxygens (including phenoxy) is 1. The van der Waals surface area contributed by atoms with Crippen molar-refractivity contribution in [2.24, 2.45) is 0 Å². The van der Waals surface area contributed by atoms with Gasteiger partial charge in [-0.1, -0.05) is 12.1 Å². The molecule has 1 heterocycles. The summed E-state index contributed by atoms with van der Waals surface area (Å²) in [6.07, 6.45) is -0.0134. The first-order chi connectivity index (χ1) is 13.5. The summed E-state index contributed by atoms with van der Waals surface area (Å²) in [6, 6.07) is 7.52. The number of nitrogens with zero attached hydrogens (tertiary/aromatic N) is 2. The predicted octanol–water partition coefficient (Wildman–Crippen LogP) is 1.04. The Morgan fingerprint density at radius 1 is 1.25 bits per heavy atom. The molecule has 0 bridgehead atoms. The van der Waals surface area contributed by atoms with Crippen LogP contribution < -0.4 is 10.2 Å². The molecule has 1 N–H and O–H groups in total. The van der Waals surface area contributed by atoms with E-state index in [4.69, 9.17) is 4.74 Å². The molecule has 9 heteroatoms. The van der Waals surface area contributed by atoms with Gasteiger partial charge in [-0.3, -0.25) is 19.2 Å². The lowest BCUT2D eigenvalue weighted by Gasteiger charge is -2.28. The number of esters is 1. The van der Waals surface area contributed by atoms with Crippen molar-refractivity contribution in [1.82, 2.24) is 10.2 Å². The van der Waals surface area contributed by atoms with Crippen molar-refractivity contribution in [3.05, 3.63) is 24.3 Å². The van der Waals surface area contributed by atoms with E-state index in [9.17, 15) is 19.2 Å². The fourth-order valence-electron chi connectivity index (χ4n) is 2.71. The second-order valence-electron chi connectivity index (χ2n) is 6.07. The average molecular weight is 407 g/mol. The van der Waals surface area contributed by atoms with E-state index in [1.807, 2.05) is 24.3 Å². The molecule has 1 aliphatic rings. The minimum absolute atomic E-state index is 0.0134. The first-order valence-corrected chi connectivity index (χ1v) is 10.2. The first-order valence-electron chi connectivity index (χ1n) is 9.18. The average Bonchev–Trinajstić information content (AvgIpc) is 2.69. The molecule has 1 aromatic carbocycles. The van der Waals surface area contributed by atoms with E-state index >= 15 is 0 Å². The minimum Gasteiger partial charge on any atom is -0.456 e. The van der Waals surface area contributed by atoms with Crippen LogP contribution in [-0.2, 0) is 23.9 Å². The van der Waals surface area contributed by atoms with Gasteiger partial charge in [0.15, 0.2) is 6.61 Å². The number of anilines is 1. The van der Waals surface area contributed by atoms with Gasteiger partial charge in [-0.25, -0.2) is 0 Å². The third-order valence-electron chi connectivity index (χ3n) is 4.15. The van der Waals surface area contributed by atoms with Crippen molar-refractivity contribution in [1.29, 1.82) is 0 Å². The maximum atomic E-state index is 12.2. The van der Waals surface area contributed by atoms with Gasteiger partial charge in [0.2, 0.25) is 11.8 Å². The maximum absolute atomic E-state index is 12.2. The lowest BCUT2D eigenvalue weighted by molar-refractivity contribution is -0.152. The lowest BCUT2D eigenvalue weighted by Crippen LogP contribution is -2.42. The molecule has 0 spiro atoms. The van der Waals surface area contributed by atoms with E-state index < -0.39 is 18.5 Å². The number of thioether (sulfide) groups is 1. The summed E-state index contributed by atoms with van der Waals surface area (Å²) in [7, 11) is 0. The Kier molecular flexibility index (Phi) is 8.31. The van der Waals surface area contributed by atoms with Crippen LogP contribution in [0, 0.1) is 0 Å². The summed E-state index contributed by atoms with van der Waals surface area (Å²) in [6.45, 7) is 4.06. The second kappa shape index (κ2) is 10.7. The highest BCUT2D eigenvalue weighted by Gasteiger charge is 2.25. The zero-order valence-corrected chi connectivity index (χ0v) is 16.9. The molecule has 1 aliphatic heterocycles. The number of likely N-dealkylation sites (N-methyl/N-ethyl adjacent to an activating group) is 2. The van der Waals surface area contributed by atoms with Crippen molar-refractivity contribution in [3.8, 4) is 0 Å². The molecule has 0 aliphatic carbocycles. The summed E-state index contributed by atoms with van der Waals surface area (Å²) < 4.78 is 5.04. The highest BCUT2D eigenvalue weighted by atomic mass is 32.2. The highest BCUT2D eigenvalue weighted by Crippen LogP contribution is 2.34. The fourth-order valence-corrected chi connectivity index (χ4v) is 3.65. The molecule has 8 nitrogen and oxygen atoms in total. The molecule has 152 valence electrons. The lowest BCUT2D eigenvalue weighted by atomic mass is 10.2. The zero-order chi connectivity index (χ0) is 20.5. The summed E-state index contributed by atoms with van der Waals surface area (Å²) in [4.78, 5) is 51.8. The molecule has 28 heavy (non-hydrogen) atoms. The molecule has 3 amide bonds. The van der Waals surface area contributed by atoms with Gasteiger partial charge in [0.25, 0.3) is 5.91 Å². The van der Waals surface area contributed by atoms with Gasteiger partial charge in [-0.2, -0.15) is 0 Å². The topological polar surface area (TPSA) is 96.0 Å². The SMILES string of the molecule is CCNC(=O)CN(CC)C(=O)COC(=O)CCN1C(=O)CSc2ccccc21. The van der Waals surface area contributed by atoms with Crippen LogP contribution in [0.15, 0.2) is 29.2 Å². The molecule has 0 saturated carbocycles. The monoisotopic (exact) mass is 407 g/mol. The molecule has 2 rings (SSSR count). The van der Waals surface area contributed by atoms with Gasteiger partial charge in [0, 0.05) is 24.5 Å². The van der Waals surface area contributed by atoms with Crippen LogP contribution in [0.2, 0.25) is 0 Å². The molecule has 0 radical (unpaired) electrons. The Morgan fingerprint density at radius 2 is 2.00 bits per heavy atom. The molecule has 0 saturated heterocycles. The number of carbonyl (C=O) groups is 4. The van der Waals surface area contributed by atoms with E-state index in [0.29, 0.717) is 18.8 Å². The van der Waals surface area contributed by atoms with Crippen molar-refractivity contribution in [3.63, 3.8) is 0 Å². The van der Waals surface area contributed by atoms with Crippen molar-refractivity contribution >= 4 is 41.1 Å². The quantitative estimate of drug-likeness (QED) is 0.615. The number of nitrogens with one attached hydrogen (secondary N) is 1. The van der Waals surface area contributed by atoms with E-state index in [2.05, 4.69) is 5.32 Å². The van der Waals surface area contributed by atoms with Gasteiger partial charge >= 0.3 is 5.97 Å². The largest absolute Gasteiger partial charge is 0.456 e. The fraction of sp³-hybridized carbons (Fsp3) is 0.474. The number of benzene rings is 1. The van der Waals surface area contributed by atoms with Crippen LogP contribution in [0.5, 0.6) is 0 Å². The van der Waals surface area contributed by atoms with E-state index in [0.717, 1.165) is 10.6 Å². The Labute approximate surface area is 168 Å². The number of rotatable bonds is 9. The third-order valence-corrected chi connectivity index (χ3v) is 5.19. The highest BCUT2D eigenvalue weighted by molar-refractivity contribution is 8.00. The Morgan fingerprint density at radius 3 is 2.71 bits per heavy atom.